The quantitative estimate of drug-likeness (QED) is 0.885. The first-order valence-electron chi connectivity index (χ1n) is 6.63. The summed E-state index contributed by atoms with van der Waals surface area (Å²) in [4.78, 5) is 9.21. The zero-order chi connectivity index (χ0) is 14.7. The molecule has 0 bridgehead atoms. The van der Waals surface area contributed by atoms with Crippen molar-refractivity contribution in [3.8, 4) is 11.4 Å². The summed E-state index contributed by atoms with van der Waals surface area (Å²) >= 11 is 12.0. The first kappa shape index (κ1) is 15.1. The van der Waals surface area contributed by atoms with Crippen LogP contribution in [0.2, 0.25) is 10.0 Å². The Morgan fingerprint density at radius 1 is 1.10 bits per heavy atom. The third-order valence-corrected chi connectivity index (χ3v) is 3.84. The first-order chi connectivity index (χ1) is 9.56. The van der Waals surface area contributed by atoms with Gasteiger partial charge in [-0.3, -0.25) is 0 Å². The van der Waals surface area contributed by atoms with E-state index in [0.717, 1.165) is 35.6 Å². The molecular weight excluding hydrogens is 293 g/mol. The molecule has 0 aliphatic heterocycles. The van der Waals surface area contributed by atoms with Crippen LogP contribution in [-0.2, 0) is 6.42 Å². The van der Waals surface area contributed by atoms with Crippen LogP contribution in [0.15, 0.2) is 18.2 Å². The summed E-state index contributed by atoms with van der Waals surface area (Å²) in [5.41, 5.74) is 3.00. The van der Waals surface area contributed by atoms with Gasteiger partial charge in [-0.25, -0.2) is 9.97 Å². The Morgan fingerprint density at radius 3 is 2.45 bits per heavy atom. The molecule has 0 saturated carbocycles. The number of anilines is 1. The molecule has 5 heteroatoms. The van der Waals surface area contributed by atoms with Crippen LogP contribution in [-0.4, -0.2) is 16.5 Å². The molecule has 106 valence electrons. The van der Waals surface area contributed by atoms with Crippen molar-refractivity contribution in [3.63, 3.8) is 0 Å². The molecule has 0 unspecified atom stereocenters. The number of hydrogen-bond acceptors (Lipinski definition) is 3. The molecule has 0 aliphatic carbocycles. The minimum atomic E-state index is 0.511. The number of nitrogens with one attached hydrogen (secondary N) is 1. The van der Waals surface area contributed by atoms with E-state index in [2.05, 4.69) is 22.2 Å². The fourth-order valence-corrected chi connectivity index (χ4v) is 2.31. The van der Waals surface area contributed by atoms with Gasteiger partial charge in [0.1, 0.15) is 5.82 Å². The molecule has 2 rings (SSSR count). The number of aryl methyl sites for hydroxylation is 1. The lowest BCUT2D eigenvalue weighted by atomic mass is 10.1. The highest BCUT2D eigenvalue weighted by Crippen LogP contribution is 2.28. The van der Waals surface area contributed by atoms with Crippen LogP contribution in [0.4, 0.5) is 5.82 Å². The number of aromatic nitrogens is 2. The summed E-state index contributed by atoms with van der Waals surface area (Å²) in [5, 5.41) is 4.32. The average Bonchev–Trinajstić information content (AvgIpc) is 2.44. The van der Waals surface area contributed by atoms with Crippen molar-refractivity contribution in [2.24, 2.45) is 0 Å². The van der Waals surface area contributed by atoms with Crippen molar-refractivity contribution in [2.45, 2.75) is 27.2 Å². The Balaban J connectivity index is 2.55. The van der Waals surface area contributed by atoms with E-state index in [1.54, 1.807) is 12.1 Å². The van der Waals surface area contributed by atoms with Crippen LogP contribution in [0.3, 0.4) is 0 Å². The van der Waals surface area contributed by atoms with Gasteiger partial charge in [-0.05, 0) is 38.5 Å². The number of rotatable bonds is 4. The third kappa shape index (κ3) is 3.05. The average molecular weight is 310 g/mol. The highest BCUT2D eigenvalue weighted by atomic mass is 35.5. The Hall–Kier alpha value is -1.32. The molecule has 0 amide bonds. The summed E-state index contributed by atoms with van der Waals surface area (Å²) in [7, 11) is 0. The molecule has 1 heterocycles. The van der Waals surface area contributed by atoms with Crippen molar-refractivity contribution < 1.29 is 0 Å². The fraction of sp³-hybridized carbons (Fsp3) is 0.333. The molecule has 3 nitrogen and oxygen atoms in total. The van der Waals surface area contributed by atoms with E-state index >= 15 is 0 Å². The Bertz CT molecular complexity index is 627. The van der Waals surface area contributed by atoms with Crippen LogP contribution in [0.1, 0.15) is 25.1 Å². The highest BCUT2D eigenvalue weighted by molar-refractivity contribution is 6.42. The molecule has 0 spiro atoms. The zero-order valence-electron chi connectivity index (χ0n) is 11.8. The number of hydrogen-bond donors (Lipinski definition) is 1. The van der Waals surface area contributed by atoms with Gasteiger partial charge < -0.3 is 5.32 Å². The third-order valence-electron chi connectivity index (χ3n) is 3.10. The van der Waals surface area contributed by atoms with Crippen LogP contribution < -0.4 is 5.32 Å². The normalized spacial score (nSPS) is 10.7. The summed E-state index contributed by atoms with van der Waals surface area (Å²) in [6, 6.07) is 5.44. The van der Waals surface area contributed by atoms with Crippen molar-refractivity contribution in [3.05, 3.63) is 39.5 Å². The molecule has 0 aliphatic rings. The Labute approximate surface area is 129 Å². The van der Waals surface area contributed by atoms with Crippen molar-refractivity contribution in [2.75, 3.05) is 11.9 Å². The first-order valence-corrected chi connectivity index (χ1v) is 7.39. The summed E-state index contributed by atoms with van der Waals surface area (Å²) in [5.74, 6) is 1.54. The van der Waals surface area contributed by atoms with Gasteiger partial charge in [-0.15, -0.1) is 0 Å². The van der Waals surface area contributed by atoms with Gasteiger partial charge in [-0.1, -0.05) is 30.1 Å². The molecule has 0 saturated heterocycles. The molecule has 20 heavy (non-hydrogen) atoms. The van der Waals surface area contributed by atoms with Gasteiger partial charge in [-0.2, -0.15) is 0 Å². The van der Waals surface area contributed by atoms with Gasteiger partial charge in [0.2, 0.25) is 0 Å². The predicted octanol–water partition coefficient (Wildman–Crippen LogP) is 4.75. The molecule has 1 aromatic carbocycles. The number of nitrogens with zero attached hydrogens (tertiary/aromatic N) is 2. The molecular formula is C15H17Cl2N3. The number of halogens is 2. The second-order valence-electron chi connectivity index (χ2n) is 4.48. The zero-order valence-corrected chi connectivity index (χ0v) is 13.3. The lowest BCUT2D eigenvalue weighted by Gasteiger charge is -2.12. The molecule has 2 aromatic rings. The van der Waals surface area contributed by atoms with Gasteiger partial charge in [0.15, 0.2) is 5.82 Å². The summed E-state index contributed by atoms with van der Waals surface area (Å²) in [6.45, 7) is 6.99. The minimum absolute atomic E-state index is 0.511. The summed E-state index contributed by atoms with van der Waals surface area (Å²) < 4.78 is 0. The topological polar surface area (TPSA) is 37.8 Å². The maximum absolute atomic E-state index is 6.07. The van der Waals surface area contributed by atoms with Crippen LogP contribution in [0.5, 0.6) is 0 Å². The van der Waals surface area contributed by atoms with Gasteiger partial charge in [0.25, 0.3) is 0 Å². The van der Waals surface area contributed by atoms with Gasteiger partial charge >= 0.3 is 0 Å². The highest BCUT2D eigenvalue weighted by Gasteiger charge is 2.11. The maximum atomic E-state index is 6.07. The smallest absolute Gasteiger partial charge is 0.161 e. The Morgan fingerprint density at radius 2 is 1.85 bits per heavy atom. The predicted molar refractivity (Wildman–Crippen MR) is 85.8 cm³/mol. The standard InChI is InChI=1S/C15H17Cl2N3/c1-4-13-9(3)14(18-5-2)20-15(19-13)10-6-7-11(16)12(17)8-10/h6-8H,4-5H2,1-3H3,(H,18,19,20). The second-order valence-corrected chi connectivity index (χ2v) is 5.29. The van der Waals surface area contributed by atoms with Crippen LogP contribution >= 0.6 is 23.2 Å². The molecule has 1 N–H and O–H groups in total. The van der Waals surface area contributed by atoms with E-state index in [-0.39, 0.29) is 0 Å². The lowest BCUT2D eigenvalue weighted by Crippen LogP contribution is -2.07. The van der Waals surface area contributed by atoms with E-state index in [4.69, 9.17) is 23.2 Å². The lowest BCUT2D eigenvalue weighted by molar-refractivity contribution is 0.970. The van der Waals surface area contributed by atoms with E-state index < -0.39 is 0 Å². The second kappa shape index (κ2) is 6.42. The minimum Gasteiger partial charge on any atom is -0.370 e. The van der Waals surface area contributed by atoms with Crippen LogP contribution in [0.25, 0.3) is 11.4 Å². The molecule has 0 radical (unpaired) electrons. The SMILES string of the molecule is CCNc1nc(-c2ccc(Cl)c(Cl)c2)nc(CC)c1C. The molecule has 0 atom stereocenters. The van der Waals surface area contributed by atoms with E-state index in [9.17, 15) is 0 Å². The number of benzene rings is 1. The fourth-order valence-electron chi connectivity index (χ4n) is 2.01. The molecule has 0 fully saturated rings. The van der Waals surface area contributed by atoms with E-state index in [1.807, 2.05) is 19.9 Å². The Kier molecular flexibility index (Phi) is 4.84. The van der Waals surface area contributed by atoms with E-state index in [1.165, 1.54) is 0 Å². The monoisotopic (exact) mass is 309 g/mol. The molecule has 1 aromatic heterocycles. The van der Waals surface area contributed by atoms with Crippen LogP contribution in [0, 0.1) is 6.92 Å². The largest absolute Gasteiger partial charge is 0.370 e. The van der Waals surface area contributed by atoms with Crippen molar-refractivity contribution >= 4 is 29.0 Å². The summed E-state index contributed by atoms with van der Waals surface area (Å²) in [6.07, 6.45) is 0.862. The van der Waals surface area contributed by atoms with E-state index in [0.29, 0.717) is 15.9 Å². The maximum Gasteiger partial charge on any atom is 0.161 e. The van der Waals surface area contributed by atoms with Gasteiger partial charge in [0.05, 0.1) is 10.0 Å². The van der Waals surface area contributed by atoms with Gasteiger partial charge in [0, 0.05) is 23.4 Å². The van der Waals surface area contributed by atoms with Crippen molar-refractivity contribution in [1.29, 1.82) is 0 Å². The van der Waals surface area contributed by atoms with Crippen molar-refractivity contribution in [1.82, 2.24) is 9.97 Å².